The highest BCUT2D eigenvalue weighted by molar-refractivity contribution is 7.92. The molecule has 1 aliphatic heterocycles. The molecule has 0 unspecified atom stereocenters. The summed E-state index contributed by atoms with van der Waals surface area (Å²) in [5.74, 6) is 0.499. The number of ether oxygens (including phenoxy) is 3. The highest BCUT2D eigenvalue weighted by Gasteiger charge is 2.29. The number of amides is 1. The molecule has 0 bridgehead atoms. The van der Waals surface area contributed by atoms with Crippen molar-refractivity contribution in [2.45, 2.75) is 42.4 Å². The van der Waals surface area contributed by atoms with Crippen LogP contribution in [-0.4, -0.2) is 67.5 Å². The van der Waals surface area contributed by atoms with Crippen LogP contribution >= 0.6 is 0 Å². The first kappa shape index (κ1) is 32.1. The van der Waals surface area contributed by atoms with E-state index in [0.29, 0.717) is 36.9 Å². The molecule has 232 valence electrons. The van der Waals surface area contributed by atoms with Crippen LogP contribution in [-0.2, 0) is 24.8 Å². The molecule has 11 nitrogen and oxygen atoms in total. The smallest absolute Gasteiger partial charge is 0.264 e. The van der Waals surface area contributed by atoms with Crippen LogP contribution in [0.1, 0.15) is 32.6 Å². The summed E-state index contributed by atoms with van der Waals surface area (Å²) in [6, 6.07) is 16.4. The Morgan fingerprint density at radius 1 is 0.814 bits per heavy atom. The van der Waals surface area contributed by atoms with Crippen molar-refractivity contribution in [1.29, 1.82) is 0 Å². The number of hydrogen-bond donors (Lipinski definition) is 1. The summed E-state index contributed by atoms with van der Waals surface area (Å²) in [6.45, 7) is 2.68. The number of methoxy groups -OCH3 is 2. The summed E-state index contributed by atoms with van der Waals surface area (Å²) < 4.78 is 72.5. The number of sulfonamides is 2. The number of benzene rings is 3. The van der Waals surface area contributed by atoms with E-state index in [9.17, 15) is 21.6 Å². The first-order chi connectivity index (χ1) is 20.6. The van der Waals surface area contributed by atoms with Gasteiger partial charge >= 0.3 is 0 Å². The lowest BCUT2D eigenvalue weighted by molar-refractivity contribution is -0.114. The predicted octanol–water partition coefficient (Wildman–Crippen LogP) is 4.50. The van der Waals surface area contributed by atoms with Gasteiger partial charge in [-0.15, -0.1) is 0 Å². The molecule has 0 saturated carbocycles. The van der Waals surface area contributed by atoms with E-state index < -0.39 is 32.5 Å². The Morgan fingerprint density at radius 2 is 1.42 bits per heavy atom. The number of nitrogens with zero attached hydrogens (tertiary/aromatic N) is 2. The van der Waals surface area contributed by atoms with Gasteiger partial charge in [-0.1, -0.05) is 12.8 Å². The van der Waals surface area contributed by atoms with Crippen molar-refractivity contribution in [3.05, 3.63) is 66.7 Å². The highest BCUT2D eigenvalue weighted by Crippen LogP contribution is 2.33. The highest BCUT2D eigenvalue weighted by atomic mass is 32.2. The summed E-state index contributed by atoms with van der Waals surface area (Å²) in [5, 5.41) is 2.68. The summed E-state index contributed by atoms with van der Waals surface area (Å²) in [7, 11) is -5.06. The maximum absolute atomic E-state index is 13.9. The molecule has 43 heavy (non-hydrogen) atoms. The molecule has 1 N–H and O–H groups in total. The Balaban J connectivity index is 1.58. The topological polar surface area (TPSA) is 132 Å². The molecule has 0 atom stereocenters. The third-order valence-electron chi connectivity index (χ3n) is 7.01. The fourth-order valence-electron chi connectivity index (χ4n) is 4.77. The standard InChI is InChI=1S/C30H37N3O8S2/c1-4-41-25-13-11-24(12-14-25)33(43(37,38)27-17-18-28(39-2)29(21-27)40-3)22-30(34)31-23-9-15-26(16-10-23)42(35,36)32-19-7-5-6-8-20-32/h9-18,21H,4-8,19-20,22H2,1-3H3,(H,31,34). The number of carbonyl (C=O) groups excluding carboxylic acids is 1. The van der Waals surface area contributed by atoms with Gasteiger partial charge in [-0.2, -0.15) is 4.31 Å². The van der Waals surface area contributed by atoms with E-state index in [-0.39, 0.29) is 21.2 Å². The number of anilines is 2. The van der Waals surface area contributed by atoms with Crippen molar-refractivity contribution in [2.75, 3.05) is 50.1 Å². The fraction of sp³-hybridized carbons (Fsp3) is 0.367. The average molecular weight is 632 g/mol. The Hall–Kier alpha value is -3.81. The minimum absolute atomic E-state index is 0.102. The van der Waals surface area contributed by atoms with Gasteiger partial charge in [0.25, 0.3) is 10.0 Å². The summed E-state index contributed by atoms with van der Waals surface area (Å²) in [4.78, 5) is 13.3. The predicted molar refractivity (Wildman–Crippen MR) is 164 cm³/mol. The normalized spacial score (nSPS) is 14.4. The molecule has 0 aromatic heterocycles. The number of nitrogens with one attached hydrogen (secondary N) is 1. The van der Waals surface area contributed by atoms with Crippen LogP contribution in [0.5, 0.6) is 17.2 Å². The second-order valence-electron chi connectivity index (χ2n) is 9.85. The first-order valence-corrected chi connectivity index (χ1v) is 16.9. The molecule has 1 saturated heterocycles. The number of rotatable bonds is 12. The van der Waals surface area contributed by atoms with Crippen LogP contribution < -0.4 is 23.8 Å². The molecular weight excluding hydrogens is 594 g/mol. The van der Waals surface area contributed by atoms with Crippen molar-refractivity contribution >= 4 is 37.3 Å². The summed E-state index contributed by atoms with van der Waals surface area (Å²) >= 11 is 0. The van der Waals surface area contributed by atoms with Crippen molar-refractivity contribution in [3.8, 4) is 17.2 Å². The SMILES string of the molecule is CCOc1ccc(N(CC(=O)Nc2ccc(S(=O)(=O)N3CCCCCC3)cc2)S(=O)(=O)c2ccc(OC)c(OC)c2)cc1. The van der Waals surface area contributed by atoms with Gasteiger partial charge in [0.05, 0.1) is 36.3 Å². The maximum atomic E-state index is 13.9. The van der Waals surface area contributed by atoms with E-state index in [2.05, 4.69) is 5.32 Å². The summed E-state index contributed by atoms with van der Waals surface area (Å²) in [6.07, 6.45) is 3.66. The van der Waals surface area contributed by atoms with Crippen molar-refractivity contribution in [1.82, 2.24) is 4.31 Å². The van der Waals surface area contributed by atoms with E-state index in [4.69, 9.17) is 14.2 Å². The van der Waals surface area contributed by atoms with E-state index >= 15 is 0 Å². The van der Waals surface area contributed by atoms with Gasteiger partial charge in [0.1, 0.15) is 12.3 Å². The number of hydrogen-bond acceptors (Lipinski definition) is 8. The van der Waals surface area contributed by atoms with Crippen LogP contribution in [0.15, 0.2) is 76.5 Å². The second-order valence-corrected chi connectivity index (χ2v) is 13.6. The van der Waals surface area contributed by atoms with Gasteiger partial charge in [-0.05, 0) is 80.4 Å². The molecule has 0 radical (unpaired) electrons. The molecule has 3 aromatic carbocycles. The molecule has 0 aliphatic carbocycles. The summed E-state index contributed by atoms with van der Waals surface area (Å²) in [5.41, 5.74) is 0.572. The third-order valence-corrected chi connectivity index (χ3v) is 10.7. The minimum atomic E-state index is -4.25. The fourth-order valence-corrected chi connectivity index (χ4v) is 7.72. The van der Waals surface area contributed by atoms with E-state index in [1.165, 1.54) is 61.0 Å². The van der Waals surface area contributed by atoms with E-state index in [0.717, 1.165) is 30.0 Å². The zero-order valence-corrected chi connectivity index (χ0v) is 26.1. The van der Waals surface area contributed by atoms with Gasteiger partial charge in [0.2, 0.25) is 15.9 Å². The Bertz CT molecular complexity index is 1600. The first-order valence-electron chi connectivity index (χ1n) is 14.0. The van der Waals surface area contributed by atoms with Crippen molar-refractivity contribution in [2.24, 2.45) is 0 Å². The monoisotopic (exact) mass is 631 g/mol. The van der Waals surface area contributed by atoms with Crippen LogP contribution in [0.4, 0.5) is 11.4 Å². The van der Waals surface area contributed by atoms with E-state index in [1.54, 1.807) is 24.3 Å². The van der Waals surface area contributed by atoms with Crippen LogP contribution in [0.3, 0.4) is 0 Å². The van der Waals surface area contributed by atoms with Crippen molar-refractivity contribution < 1.29 is 35.8 Å². The second kappa shape index (κ2) is 14.1. The molecule has 1 aliphatic rings. The Morgan fingerprint density at radius 3 is 2.00 bits per heavy atom. The molecule has 1 fully saturated rings. The lowest BCUT2D eigenvalue weighted by Crippen LogP contribution is -2.38. The zero-order valence-electron chi connectivity index (χ0n) is 24.5. The Kier molecular flexibility index (Phi) is 10.5. The quantitative estimate of drug-likeness (QED) is 0.309. The zero-order chi connectivity index (χ0) is 31.0. The average Bonchev–Trinajstić information content (AvgIpc) is 3.31. The van der Waals surface area contributed by atoms with Crippen molar-refractivity contribution in [3.63, 3.8) is 0 Å². The molecule has 0 spiro atoms. The molecule has 13 heteroatoms. The van der Waals surface area contributed by atoms with Gasteiger partial charge in [0, 0.05) is 24.8 Å². The third kappa shape index (κ3) is 7.59. The lowest BCUT2D eigenvalue weighted by atomic mass is 10.2. The molecule has 4 rings (SSSR count). The van der Waals surface area contributed by atoms with Gasteiger partial charge in [-0.25, -0.2) is 16.8 Å². The minimum Gasteiger partial charge on any atom is -0.494 e. The lowest BCUT2D eigenvalue weighted by Gasteiger charge is -2.25. The largest absolute Gasteiger partial charge is 0.494 e. The van der Waals surface area contributed by atoms with E-state index in [1.807, 2.05) is 6.92 Å². The van der Waals surface area contributed by atoms with Gasteiger partial charge in [0.15, 0.2) is 11.5 Å². The molecule has 3 aromatic rings. The van der Waals surface area contributed by atoms with Gasteiger partial charge < -0.3 is 19.5 Å². The van der Waals surface area contributed by atoms with Crippen LogP contribution in [0.25, 0.3) is 0 Å². The molecule has 1 amide bonds. The van der Waals surface area contributed by atoms with Crippen LogP contribution in [0.2, 0.25) is 0 Å². The Labute approximate surface area is 253 Å². The molecular formula is C30H37N3O8S2. The maximum Gasteiger partial charge on any atom is 0.264 e. The van der Waals surface area contributed by atoms with Gasteiger partial charge in [-0.3, -0.25) is 9.10 Å². The molecule has 1 heterocycles. The number of carbonyl (C=O) groups is 1. The van der Waals surface area contributed by atoms with Crippen LogP contribution in [0, 0.1) is 0 Å².